The Bertz CT molecular complexity index is 855. The molecule has 1 aliphatic carbocycles. The molecule has 2 aliphatic rings. The fourth-order valence-corrected chi connectivity index (χ4v) is 5.01. The van der Waals surface area contributed by atoms with Crippen molar-refractivity contribution in [1.29, 1.82) is 0 Å². The van der Waals surface area contributed by atoms with E-state index in [0.29, 0.717) is 29.3 Å². The van der Waals surface area contributed by atoms with Gasteiger partial charge in [0.1, 0.15) is 12.3 Å². The molecule has 1 saturated heterocycles. The van der Waals surface area contributed by atoms with E-state index in [1.165, 1.54) is 13.2 Å². The Morgan fingerprint density at radius 3 is 2.33 bits per heavy atom. The van der Waals surface area contributed by atoms with Crippen molar-refractivity contribution in [3.8, 4) is 5.75 Å². The highest BCUT2D eigenvalue weighted by atomic mass is 79.9. The molecule has 1 aromatic rings. The number of amides is 3. The van der Waals surface area contributed by atoms with Crippen LogP contribution in [-0.4, -0.2) is 58.5 Å². The van der Waals surface area contributed by atoms with E-state index in [2.05, 4.69) is 37.2 Å². The quantitative estimate of drug-likeness (QED) is 0.323. The van der Waals surface area contributed by atoms with Gasteiger partial charge in [-0.05, 0) is 31.0 Å². The van der Waals surface area contributed by atoms with Gasteiger partial charge in [-0.1, -0.05) is 43.5 Å². The first kappa shape index (κ1) is 23.0. The van der Waals surface area contributed by atoms with Crippen LogP contribution in [0.3, 0.4) is 0 Å². The molecule has 162 valence electrons. The second kappa shape index (κ2) is 9.65. The first-order valence-electron chi connectivity index (χ1n) is 9.13. The van der Waals surface area contributed by atoms with Crippen molar-refractivity contribution >= 4 is 72.8 Å². The standard InChI is InChI=1S/C19H19Br2ClN2O6/c1-29-15-3-2-9(22)4-14(15)23-16(25)8-30-17(26)7-24-18(27)10-5-12(20)13(21)6-11(10)19(24)28/h2-4,10-13H,5-8H2,1H3,(H,23,25)/t10-,11+,12-,13-/m0/s1. The number of methoxy groups -OCH3 is 1. The molecule has 0 unspecified atom stereocenters. The van der Waals surface area contributed by atoms with Crippen LogP contribution in [-0.2, 0) is 23.9 Å². The van der Waals surface area contributed by atoms with Crippen molar-refractivity contribution < 1.29 is 28.7 Å². The van der Waals surface area contributed by atoms with Gasteiger partial charge in [0, 0.05) is 14.7 Å². The molecule has 1 aromatic carbocycles. The van der Waals surface area contributed by atoms with Gasteiger partial charge in [-0.25, -0.2) is 0 Å². The van der Waals surface area contributed by atoms with Crippen molar-refractivity contribution in [2.45, 2.75) is 22.5 Å². The summed E-state index contributed by atoms with van der Waals surface area (Å²) in [5, 5.41) is 2.93. The number of ether oxygens (including phenoxy) is 2. The van der Waals surface area contributed by atoms with Gasteiger partial charge in [-0.2, -0.15) is 0 Å². The number of fused-ring (bicyclic) bond motifs is 1. The van der Waals surface area contributed by atoms with Gasteiger partial charge in [0.15, 0.2) is 6.61 Å². The summed E-state index contributed by atoms with van der Waals surface area (Å²) in [5.41, 5.74) is 0.327. The number of benzene rings is 1. The number of anilines is 1. The van der Waals surface area contributed by atoms with Crippen LogP contribution in [0.1, 0.15) is 12.8 Å². The van der Waals surface area contributed by atoms with E-state index in [-0.39, 0.29) is 21.5 Å². The first-order valence-corrected chi connectivity index (χ1v) is 11.3. The van der Waals surface area contributed by atoms with Crippen LogP contribution in [0, 0.1) is 11.8 Å². The van der Waals surface area contributed by atoms with Crippen molar-refractivity contribution in [3.05, 3.63) is 23.2 Å². The molecule has 1 heterocycles. The monoisotopic (exact) mass is 564 g/mol. The molecule has 0 radical (unpaired) electrons. The number of nitrogens with zero attached hydrogens (tertiary/aromatic N) is 1. The van der Waals surface area contributed by atoms with Gasteiger partial charge < -0.3 is 14.8 Å². The van der Waals surface area contributed by atoms with Crippen molar-refractivity contribution in [2.24, 2.45) is 11.8 Å². The average Bonchev–Trinajstić information content (AvgIpc) is 2.91. The van der Waals surface area contributed by atoms with Gasteiger partial charge in [0.25, 0.3) is 5.91 Å². The smallest absolute Gasteiger partial charge is 0.326 e. The number of nitrogens with one attached hydrogen (secondary N) is 1. The zero-order chi connectivity index (χ0) is 22.0. The molecular weight excluding hydrogens is 547 g/mol. The molecule has 30 heavy (non-hydrogen) atoms. The third kappa shape index (κ3) is 4.97. The number of carbonyl (C=O) groups is 4. The number of carbonyl (C=O) groups excluding carboxylic acids is 4. The minimum atomic E-state index is -0.839. The van der Waals surface area contributed by atoms with Gasteiger partial charge in [-0.3, -0.25) is 24.1 Å². The maximum Gasteiger partial charge on any atom is 0.326 e. The number of likely N-dealkylation sites (tertiary alicyclic amines) is 1. The van der Waals surface area contributed by atoms with Gasteiger partial charge in [0.2, 0.25) is 11.8 Å². The number of hydrogen-bond donors (Lipinski definition) is 1. The first-order chi connectivity index (χ1) is 14.2. The Morgan fingerprint density at radius 1 is 1.17 bits per heavy atom. The number of rotatable bonds is 6. The zero-order valence-corrected chi connectivity index (χ0v) is 19.8. The van der Waals surface area contributed by atoms with Crippen LogP contribution >= 0.6 is 43.5 Å². The number of halogens is 3. The van der Waals surface area contributed by atoms with Crippen molar-refractivity contribution in [3.63, 3.8) is 0 Å². The fraction of sp³-hybridized carbons (Fsp3) is 0.474. The highest BCUT2D eigenvalue weighted by molar-refractivity contribution is 9.12. The van der Waals surface area contributed by atoms with E-state index in [9.17, 15) is 19.2 Å². The lowest BCUT2D eigenvalue weighted by Crippen LogP contribution is -2.37. The van der Waals surface area contributed by atoms with Gasteiger partial charge in [0.05, 0.1) is 24.6 Å². The van der Waals surface area contributed by atoms with E-state index >= 15 is 0 Å². The van der Waals surface area contributed by atoms with E-state index in [1.807, 2.05) is 0 Å². The van der Waals surface area contributed by atoms with Crippen LogP contribution in [0.25, 0.3) is 0 Å². The summed E-state index contributed by atoms with van der Waals surface area (Å²) in [4.78, 5) is 50.5. The molecule has 2 fully saturated rings. The van der Waals surface area contributed by atoms with Crippen LogP contribution in [0.2, 0.25) is 5.02 Å². The normalized spacial score (nSPS) is 25.7. The summed E-state index contributed by atoms with van der Waals surface area (Å²) in [5.74, 6) is -2.69. The van der Waals surface area contributed by atoms with Crippen molar-refractivity contribution in [1.82, 2.24) is 4.90 Å². The van der Waals surface area contributed by atoms with Crippen LogP contribution in [0.4, 0.5) is 5.69 Å². The summed E-state index contributed by atoms with van der Waals surface area (Å²) >= 11 is 12.9. The Balaban J connectivity index is 1.54. The molecule has 11 heteroatoms. The predicted octanol–water partition coefficient (Wildman–Crippen LogP) is 2.75. The number of esters is 1. The number of alkyl halides is 2. The lowest BCUT2D eigenvalue weighted by molar-refractivity contribution is -0.154. The van der Waals surface area contributed by atoms with E-state index < -0.39 is 36.9 Å². The van der Waals surface area contributed by atoms with Crippen LogP contribution in [0.5, 0.6) is 5.75 Å². The Morgan fingerprint density at radius 2 is 1.77 bits per heavy atom. The fourth-order valence-electron chi connectivity index (χ4n) is 3.60. The van der Waals surface area contributed by atoms with Crippen LogP contribution < -0.4 is 10.1 Å². The second-order valence-electron chi connectivity index (χ2n) is 7.03. The number of hydrogen-bond acceptors (Lipinski definition) is 6. The molecule has 4 atom stereocenters. The summed E-state index contributed by atoms with van der Waals surface area (Å²) in [6.45, 7) is -1.09. The zero-order valence-electron chi connectivity index (χ0n) is 15.9. The molecule has 0 bridgehead atoms. The third-order valence-electron chi connectivity index (χ3n) is 5.09. The SMILES string of the molecule is COc1ccc(Cl)cc1NC(=O)COC(=O)CN1C(=O)[C@H]2C[C@H](Br)[C@@H](Br)C[C@H]2C1=O. The molecule has 3 amide bonds. The van der Waals surface area contributed by atoms with E-state index in [4.69, 9.17) is 21.1 Å². The Kier molecular flexibility index (Phi) is 7.41. The minimum Gasteiger partial charge on any atom is -0.495 e. The molecule has 0 aromatic heterocycles. The molecule has 1 aliphatic heterocycles. The summed E-state index contributed by atoms with van der Waals surface area (Å²) < 4.78 is 10.1. The summed E-state index contributed by atoms with van der Waals surface area (Å²) in [6, 6.07) is 4.69. The molecule has 1 saturated carbocycles. The molecular formula is C19H19Br2ClN2O6. The lowest BCUT2D eigenvalue weighted by atomic mass is 9.81. The van der Waals surface area contributed by atoms with Crippen LogP contribution in [0.15, 0.2) is 18.2 Å². The summed E-state index contributed by atoms with van der Waals surface area (Å²) in [6.07, 6.45) is 1.03. The lowest BCUT2D eigenvalue weighted by Gasteiger charge is -2.29. The van der Waals surface area contributed by atoms with Gasteiger partial charge >= 0.3 is 5.97 Å². The molecule has 0 spiro atoms. The van der Waals surface area contributed by atoms with E-state index in [1.54, 1.807) is 12.1 Å². The predicted molar refractivity (Wildman–Crippen MR) is 116 cm³/mol. The molecule has 3 rings (SSSR count). The van der Waals surface area contributed by atoms with Crippen molar-refractivity contribution in [2.75, 3.05) is 25.6 Å². The second-order valence-corrected chi connectivity index (χ2v) is 9.82. The topological polar surface area (TPSA) is 102 Å². The Hall–Kier alpha value is -1.65. The minimum absolute atomic E-state index is 0.0783. The Labute approximate surface area is 194 Å². The molecule has 1 N–H and O–H groups in total. The maximum absolute atomic E-state index is 12.6. The number of imide groups is 1. The maximum atomic E-state index is 12.6. The highest BCUT2D eigenvalue weighted by Crippen LogP contribution is 2.43. The van der Waals surface area contributed by atoms with Gasteiger partial charge in [-0.15, -0.1) is 0 Å². The highest BCUT2D eigenvalue weighted by Gasteiger charge is 2.52. The third-order valence-corrected chi connectivity index (χ3v) is 8.06. The molecule has 8 nitrogen and oxygen atoms in total. The average molecular weight is 567 g/mol. The van der Waals surface area contributed by atoms with E-state index in [0.717, 1.165) is 4.90 Å². The largest absolute Gasteiger partial charge is 0.495 e. The summed E-state index contributed by atoms with van der Waals surface area (Å²) in [7, 11) is 1.44.